The van der Waals surface area contributed by atoms with Crippen molar-refractivity contribution in [1.29, 1.82) is 0 Å². The Labute approximate surface area is 180 Å². The second-order valence-electron chi connectivity index (χ2n) is 7.77. The van der Waals surface area contributed by atoms with E-state index in [1.54, 1.807) is 0 Å². The molecule has 0 fully saturated rings. The largest absolute Gasteiger partial charge is 0.490 e. The van der Waals surface area contributed by atoms with Gasteiger partial charge in [-0.15, -0.1) is 0 Å². The standard InChI is InChI=1S/C24H24N4O3/c1-15-18(16(2)28-24(25-15)19-6-3-4-7-20(19)27-28)9-11-23(29)26-17-8-10-21-22(14-17)31-13-5-12-30-21/h3-4,6-8,10,14H,5,9,11-13H2,1-2H3,(H,26,29). The predicted molar refractivity (Wildman–Crippen MR) is 119 cm³/mol. The first-order valence-electron chi connectivity index (χ1n) is 10.5. The molecule has 0 aliphatic carbocycles. The van der Waals surface area contributed by atoms with Gasteiger partial charge in [-0.2, -0.15) is 5.10 Å². The van der Waals surface area contributed by atoms with Crippen LogP contribution in [-0.4, -0.2) is 33.7 Å². The zero-order valence-corrected chi connectivity index (χ0v) is 17.6. The molecule has 0 bridgehead atoms. The van der Waals surface area contributed by atoms with Crippen LogP contribution in [0.1, 0.15) is 29.8 Å². The number of carbonyl (C=O) groups excluding carboxylic acids is 1. The SMILES string of the molecule is Cc1nc2c3ccccc3nn2c(C)c1CCC(=O)Nc1ccc2c(c1)OCCCO2. The fourth-order valence-electron chi connectivity index (χ4n) is 4.04. The number of anilines is 1. The molecule has 7 heteroatoms. The molecule has 1 amide bonds. The highest BCUT2D eigenvalue weighted by molar-refractivity contribution is 5.92. The first-order chi connectivity index (χ1) is 15.1. The Hall–Kier alpha value is -3.61. The van der Waals surface area contributed by atoms with Crippen LogP contribution in [0.15, 0.2) is 42.5 Å². The van der Waals surface area contributed by atoms with Crippen LogP contribution in [0.25, 0.3) is 16.6 Å². The number of aryl methyl sites for hydroxylation is 2. The number of carbonyl (C=O) groups is 1. The first kappa shape index (κ1) is 19.4. The van der Waals surface area contributed by atoms with E-state index in [2.05, 4.69) is 10.4 Å². The number of rotatable bonds is 4. The smallest absolute Gasteiger partial charge is 0.224 e. The summed E-state index contributed by atoms with van der Waals surface area (Å²) < 4.78 is 13.2. The van der Waals surface area contributed by atoms with Gasteiger partial charge in [-0.25, -0.2) is 9.50 Å². The van der Waals surface area contributed by atoms with Gasteiger partial charge in [0.1, 0.15) is 0 Å². The summed E-state index contributed by atoms with van der Waals surface area (Å²) in [4.78, 5) is 17.4. The summed E-state index contributed by atoms with van der Waals surface area (Å²) in [5, 5.41) is 8.69. The van der Waals surface area contributed by atoms with E-state index in [0.29, 0.717) is 43.2 Å². The van der Waals surface area contributed by atoms with Gasteiger partial charge >= 0.3 is 0 Å². The molecule has 3 heterocycles. The minimum Gasteiger partial charge on any atom is -0.490 e. The van der Waals surface area contributed by atoms with Crippen molar-refractivity contribution in [3.63, 3.8) is 0 Å². The maximum atomic E-state index is 12.6. The maximum absolute atomic E-state index is 12.6. The quantitative estimate of drug-likeness (QED) is 0.539. The molecular formula is C24H24N4O3. The van der Waals surface area contributed by atoms with Crippen molar-refractivity contribution < 1.29 is 14.3 Å². The molecule has 7 nitrogen and oxygen atoms in total. The van der Waals surface area contributed by atoms with E-state index in [1.807, 2.05) is 60.8 Å². The Morgan fingerprint density at radius 2 is 1.90 bits per heavy atom. The Morgan fingerprint density at radius 3 is 2.77 bits per heavy atom. The van der Waals surface area contributed by atoms with E-state index in [0.717, 1.165) is 39.9 Å². The van der Waals surface area contributed by atoms with E-state index in [-0.39, 0.29) is 5.91 Å². The summed E-state index contributed by atoms with van der Waals surface area (Å²) in [5.74, 6) is 1.33. The van der Waals surface area contributed by atoms with E-state index < -0.39 is 0 Å². The van der Waals surface area contributed by atoms with Crippen molar-refractivity contribution in [1.82, 2.24) is 14.6 Å². The normalized spacial score (nSPS) is 13.4. The number of nitrogens with one attached hydrogen (secondary N) is 1. The first-order valence-corrected chi connectivity index (χ1v) is 10.5. The minimum atomic E-state index is -0.0565. The highest BCUT2D eigenvalue weighted by atomic mass is 16.5. The van der Waals surface area contributed by atoms with Crippen LogP contribution in [0.5, 0.6) is 11.5 Å². The number of fused-ring (bicyclic) bond motifs is 4. The van der Waals surface area contributed by atoms with Gasteiger partial charge in [0.05, 0.1) is 18.7 Å². The summed E-state index contributed by atoms with van der Waals surface area (Å²) in [6.07, 6.45) is 1.79. The number of aromatic nitrogens is 3. The number of nitrogens with zero attached hydrogens (tertiary/aromatic N) is 3. The van der Waals surface area contributed by atoms with Crippen molar-refractivity contribution in [3.05, 3.63) is 59.4 Å². The van der Waals surface area contributed by atoms with Crippen LogP contribution in [-0.2, 0) is 11.2 Å². The fraction of sp³-hybridized carbons (Fsp3) is 0.292. The van der Waals surface area contributed by atoms with E-state index in [9.17, 15) is 4.79 Å². The Bertz CT molecular complexity index is 1300. The lowest BCUT2D eigenvalue weighted by Crippen LogP contribution is -2.14. The summed E-state index contributed by atoms with van der Waals surface area (Å²) in [5.41, 5.74) is 5.47. The van der Waals surface area contributed by atoms with Gasteiger partial charge in [-0.05, 0) is 50.1 Å². The van der Waals surface area contributed by atoms with Crippen molar-refractivity contribution in [2.24, 2.45) is 0 Å². The van der Waals surface area contributed by atoms with Gasteiger partial charge in [0.2, 0.25) is 5.91 Å². The number of ether oxygens (including phenoxy) is 2. The zero-order chi connectivity index (χ0) is 21.4. The molecule has 0 saturated heterocycles. The highest BCUT2D eigenvalue weighted by Crippen LogP contribution is 2.32. The van der Waals surface area contributed by atoms with Gasteiger partial charge in [-0.1, -0.05) is 12.1 Å². The number of amides is 1. The van der Waals surface area contributed by atoms with E-state index in [4.69, 9.17) is 14.5 Å². The molecule has 0 spiro atoms. The maximum Gasteiger partial charge on any atom is 0.224 e. The lowest BCUT2D eigenvalue weighted by molar-refractivity contribution is -0.116. The fourth-order valence-corrected chi connectivity index (χ4v) is 4.04. The van der Waals surface area contributed by atoms with Crippen LogP contribution >= 0.6 is 0 Å². The van der Waals surface area contributed by atoms with Gasteiger partial charge in [0, 0.05) is 41.4 Å². The van der Waals surface area contributed by atoms with Crippen molar-refractivity contribution >= 4 is 28.1 Å². The number of hydrogen-bond donors (Lipinski definition) is 1. The Morgan fingerprint density at radius 1 is 1.10 bits per heavy atom. The van der Waals surface area contributed by atoms with Gasteiger partial charge < -0.3 is 14.8 Å². The highest BCUT2D eigenvalue weighted by Gasteiger charge is 2.16. The van der Waals surface area contributed by atoms with Crippen molar-refractivity contribution in [2.45, 2.75) is 33.1 Å². The van der Waals surface area contributed by atoms with Gasteiger partial charge in [-0.3, -0.25) is 4.79 Å². The molecule has 2 aromatic heterocycles. The minimum absolute atomic E-state index is 0.0565. The predicted octanol–water partition coefficient (Wildman–Crippen LogP) is 4.23. The summed E-state index contributed by atoms with van der Waals surface area (Å²) in [6.45, 7) is 5.28. The summed E-state index contributed by atoms with van der Waals surface area (Å²) in [7, 11) is 0. The average Bonchev–Trinajstić information content (AvgIpc) is 2.97. The van der Waals surface area contributed by atoms with E-state index >= 15 is 0 Å². The summed E-state index contributed by atoms with van der Waals surface area (Å²) in [6, 6.07) is 13.5. The zero-order valence-electron chi connectivity index (χ0n) is 17.6. The molecule has 5 rings (SSSR count). The number of benzene rings is 2. The van der Waals surface area contributed by atoms with E-state index in [1.165, 1.54) is 0 Å². The molecule has 0 saturated carbocycles. The molecular weight excluding hydrogens is 392 g/mol. The third-order valence-electron chi connectivity index (χ3n) is 5.65. The molecule has 158 valence electrons. The molecule has 0 unspecified atom stereocenters. The summed E-state index contributed by atoms with van der Waals surface area (Å²) >= 11 is 0. The van der Waals surface area contributed by atoms with Crippen LogP contribution < -0.4 is 14.8 Å². The second-order valence-corrected chi connectivity index (χ2v) is 7.77. The monoisotopic (exact) mass is 416 g/mol. The third kappa shape index (κ3) is 3.67. The Balaban J connectivity index is 1.33. The third-order valence-corrected chi connectivity index (χ3v) is 5.65. The van der Waals surface area contributed by atoms with Gasteiger partial charge in [0.25, 0.3) is 0 Å². The van der Waals surface area contributed by atoms with Gasteiger partial charge in [0.15, 0.2) is 17.1 Å². The lowest BCUT2D eigenvalue weighted by atomic mass is 10.1. The molecule has 1 N–H and O–H groups in total. The average molecular weight is 416 g/mol. The second kappa shape index (κ2) is 7.91. The molecule has 31 heavy (non-hydrogen) atoms. The Kier molecular flexibility index (Phi) is 4.94. The molecule has 0 atom stereocenters. The molecule has 4 aromatic rings. The lowest BCUT2D eigenvalue weighted by Gasteiger charge is -2.12. The molecule has 1 aliphatic rings. The number of hydrogen-bond acceptors (Lipinski definition) is 5. The topological polar surface area (TPSA) is 77.8 Å². The molecule has 0 radical (unpaired) electrons. The molecule has 1 aliphatic heterocycles. The van der Waals surface area contributed by atoms with Crippen LogP contribution in [0.4, 0.5) is 5.69 Å². The molecule has 2 aromatic carbocycles. The van der Waals surface area contributed by atoms with Crippen molar-refractivity contribution in [3.8, 4) is 11.5 Å². The van der Waals surface area contributed by atoms with Crippen LogP contribution in [0.2, 0.25) is 0 Å². The van der Waals surface area contributed by atoms with Crippen LogP contribution in [0, 0.1) is 13.8 Å². The van der Waals surface area contributed by atoms with Crippen LogP contribution in [0.3, 0.4) is 0 Å². The van der Waals surface area contributed by atoms with Crippen molar-refractivity contribution in [2.75, 3.05) is 18.5 Å².